The minimum Gasteiger partial charge on any atom is -0.385 e. The third-order valence-corrected chi connectivity index (χ3v) is 2.74. The number of aromatic nitrogens is 2. The molecule has 104 valence electrons. The predicted octanol–water partition coefficient (Wildman–Crippen LogP) is 2.15. The van der Waals surface area contributed by atoms with Crippen molar-refractivity contribution in [1.29, 1.82) is 0 Å². The van der Waals surface area contributed by atoms with Gasteiger partial charge < -0.3 is 19.4 Å². The van der Waals surface area contributed by atoms with Crippen LogP contribution < -0.4 is 5.32 Å². The summed E-state index contributed by atoms with van der Waals surface area (Å²) in [6, 6.07) is 0.359. The van der Waals surface area contributed by atoms with E-state index in [-0.39, 0.29) is 0 Å². The van der Waals surface area contributed by atoms with Gasteiger partial charge in [0, 0.05) is 51.9 Å². The highest BCUT2D eigenvalue weighted by molar-refractivity contribution is 5.27. The lowest BCUT2D eigenvalue weighted by molar-refractivity contribution is 0.142. The Morgan fingerprint density at radius 1 is 1.44 bits per heavy atom. The van der Waals surface area contributed by atoms with E-state index in [9.17, 15) is 0 Å². The average molecular weight is 255 g/mol. The van der Waals surface area contributed by atoms with Crippen LogP contribution in [0.1, 0.15) is 26.7 Å². The van der Waals surface area contributed by atoms with Crippen LogP contribution in [0.15, 0.2) is 12.4 Å². The second-order valence-electron chi connectivity index (χ2n) is 4.32. The smallest absolute Gasteiger partial charge is 0.202 e. The van der Waals surface area contributed by atoms with Gasteiger partial charge >= 0.3 is 0 Å². The molecule has 1 unspecified atom stereocenters. The van der Waals surface area contributed by atoms with Crippen LogP contribution in [-0.4, -0.2) is 42.5 Å². The maximum absolute atomic E-state index is 5.34. The first-order valence-electron chi connectivity index (χ1n) is 6.62. The van der Waals surface area contributed by atoms with Crippen LogP contribution in [0.5, 0.6) is 0 Å². The first-order chi connectivity index (χ1) is 8.77. The van der Waals surface area contributed by atoms with Crippen LogP contribution in [0.2, 0.25) is 0 Å². The molecule has 0 spiro atoms. The third kappa shape index (κ3) is 5.51. The molecule has 0 saturated carbocycles. The van der Waals surface area contributed by atoms with Gasteiger partial charge in [0.1, 0.15) is 0 Å². The Morgan fingerprint density at radius 3 is 3.00 bits per heavy atom. The highest BCUT2D eigenvalue weighted by Gasteiger charge is 2.06. The van der Waals surface area contributed by atoms with Crippen molar-refractivity contribution >= 4 is 5.95 Å². The van der Waals surface area contributed by atoms with E-state index < -0.39 is 0 Å². The van der Waals surface area contributed by atoms with E-state index in [0.717, 1.165) is 45.2 Å². The van der Waals surface area contributed by atoms with Crippen molar-refractivity contribution < 1.29 is 9.47 Å². The van der Waals surface area contributed by atoms with E-state index in [0.29, 0.717) is 6.04 Å². The molecule has 0 aliphatic rings. The Hall–Kier alpha value is -1.07. The Labute approximate surface area is 109 Å². The number of aryl methyl sites for hydroxylation is 1. The molecule has 0 bridgehead atoms. The van der Waals surface area contributed by atoms with Gasteiger partial charge in [-0.2, -0.15) is 0 Å². The molecule has 1 aromatic heterocycles. The van der Waals surface area contributed by atoms with Crippen molar-refractivity contribution in [1.82, 2.24) is 9.55 Å². The van der Waals surface area contributed by atoms with E-state index >= 15 is 0 Å². The molecule has 0 fully saturated rings. The van der Waals surface area contributed by atoms with Crippen molar-refractivity contribution in [3.8, 4) is 0 Å². The number of imidazole rings is 1. The Kier molecular flexibility index (Phi) is 7.44. The standard InChI is InChI=1S/C13H25N3O2/c1-4-18-10-5-8-16-9-7-14-13(16)15-12(2)6-11-17-3/h7,9,12H,4-6,8,10-11H2,1-3H3,(H,14,15). The van der Waals surface area contributed by atoms with Crippen molar-refractivity contribution in [3.05, 3.63) is 12.4 Å². The minimum atomic E-state index is 0.359. The first kappa shape index (κ1) is 15.0. The number of methoxy groups -OCH3 is 1. The molecule has 5 heteroatoms. The fourth-order valence-electron chi connectivity index (χ4n) is 1.70. The zero-order valence-corrected chi connectivity index (χ0v) is 11.7. The number of ether oxygens (including phenoxy) is 2. The summed E-state index contributed by atoms with van der Waals surface area (Å²) in [7, 11) is 1.72. The minimum absolute atomic E-state index is 0.359. The van der Waals surface area contributed by atoms with Gasteiger partial charge in [-0.3, -0.25) is 0 Å². The summed E-state index contributed by atoms with van der Waals surface area (Å²) in [6.07, 6.45) is 5.80. The zero-order chi connectivity index (χ0) is 13.2. The molecule has 1 atom stereocenters. The molecular weight excluding hydrogens is 230 g/mol. The van der Waals surface area contributed by atoms with Crippen molar-refractivity contribution in [3.63, 3.8) is 0 Å². The van der Waals surface area contributed by atoms with Crippen molar-refractivity contribution in [2.24, 2.45) is 0 Å². The van der Waals surface area contributed by atoms with Gasteiger partial charge in [-0.1, -0.05) is 0 Å². The summed E-state index contributed by atoms with van der Waals surface area (Å²) in [5, 5.41) is 3.40. The maximum Gasteiger partial charge on any atom is 0.202 e. The lowest BCUT2D eigenvalue weighted by atomic mass is 10.2. The van der Waals surface area contributed by atoms with Gasteiger partial charge in [-0.15, -0.1) is 0 Å². The fraction of sp³-hybridized carbons (Fsp3) is 0.769. The van der Waals surface area contributed by atoms with Crippen LogP contribution in [0.3, 0.4) is 0 Å². The molecule has 0 saturated heterocycles. The SMILES string of the molecule is CCOCCCn1ccnc1NC(C)CCOC. The van der Waals surface area contributed by atoms with Crippen LogP contribution >= 0.6 is 0 Å². The van der Waals surface area contributed by atoms with E-state index in [1.807, 2.05) is 19.3 Å². The van der Waals surface area contributed by atoms with Crippen LogP contribution in [-0.2, 0) is 16.0 Å². The summed E-state index contributed by atoms with van der Waals surface area (Å²) in [4.78, 5) is 4.33. The largest absolute Gasteiger partial charge is 0.385 e. The molecule has 0 radical (unpaired) electrons. The Bertz CT molecular complexity index is 315. The molecule has 0 aliphatic heterocycles. The fourth-order valence-corrected chi connectivity index (χ4v) is 1.70. The van der Waals surface area contributed by atoms with Gasteiger partial charge in [0.15, 0.2) is 0 Å². The Morgan fingerprint density at radius 2 is 2.28 bits per heavy atom. The monoisotopic (exact) mass is 255 g/mol. The van der Waals surface area contributed by atoms with Crippen molar-refractivity contribution in [2.75, 3.05) is 32.2 Å². The van der Waals surface area contributed by atoms with E-state index in [4.69, 9.17) is 9.47 Å². The highest BCUT2D eigenvalue weighted by Crippen LogP contribution is 2.08. The first-order valence-corrected chi connectivity index (χ1v) is 6.62. The maximum atomic E-state index is 5.34. The molecule has 18 heavy (non-hydrogen) atoms. The summed E-state index contributed by atoms with van der Waals surface area (Å²) in [5.41, 5.74) is 0. The molecule has 1 rings (SSSR count). The molecule has 5 nitrogen and oxygen atoms in total. The van der Waals surface area contributed by atoms with Crippen LogP contribution in [0.25, 0.3) is 0 Å². The highest BCUT2D eigenvalue weighted by atomic mass is 16.5. The predicted molar refractivity (Wildman–Crippen MR) is 72.9 cm³/mol. The number of hydrogen-bond acceptors (Lipinski definition) is 4. The molecular formula is C13H25N3O2. The quantitative estimate of drug-likeness (QED) is 0.651. The lowest BCUT2D eigenvalue weighted by Crippen LogP contribution is -2.20. The lowest BCUT2D eigenvalue weighted by Gasteiger charge is -2.15. The van der Waals surface area contributed by atoms with Gasteiger partial charge in [0.2, 0.25) is 5.95 Å². The number of nitrogens with zero attached hydrogens (tertiary/aromatic N) is 2. The molecule has 0 amide bonds. The second-order valence-corrected chi connectivity index (χ2v) is 4.32. The number of hydrogen-bond donors (Lipinski definition) is 1. The number of nitrogens with one attached hydrogen (secondary N) is 1. The molecule has 0 aliphatic carbocycles. The van der Waals surface area contributed by atoms with Gasteiger partial charge in [-0.25, -0.2) is 4.98 Å². The van der Waals surface area contributed by atoms with Crippen LogP contribution in [0.4, 0.5) is 5.95 Å². The molecule has 1 heterocycles. The van der Waals surface area contributed by atoms with Gasteiger partial charge in [-0.05, 0) is 26.7 Å². The zero-order valence-electron chi connectivity index (χ0n) is 11.7. The van der Waals surface area contributed by atoms with Crippen molar-refractivity contribution in [2.45, 2.75) is 39.3 Å². The average Bonchev–Trinajstić information content (AvgIpc) is 2.79. The number of rotatable bonds is 10. The van der Waals surface area contributed by atoms with E-state index in [1.165, 1.54) is 0 Å². The third-order valence-electron chi connectivity index (χ3n) is 2.74. The van der Waals surface area contributed by atoms with E-state index in [2.05, 4.69) is 21.8 Å². The second kappa shape index (κ2) is 8.94. The summed E-state index contributed by atoms with van der Waals surface area (Å²) < 4.78 is 12.5. The summed E-state index contributed by atoms with van der Waals surface area (Å²) in [5.74, 6) is 0.926. The molecule has 1 N–H and O–H groups in total. The van der Waals surface area contributed by atoms with Gasteiger partial charge in [0.25, 0.3) is 0 Å². The van der Waals surface area contributed by atoms with Crippen LogP contribution in [0, 0.1) is 0 Å². The topological polar surface area (TPSA) is 48.3 Å². The van der Waals surface area contributed by atoms with E-state index in [1.54, 1.807) is 7.11 Å². The summed E-state index contributed by atoms with van der Waals surface area (Å²) >= 11 is 0. The number of anilines is 1. The van der Waals surface area contributed by atoms with Gasteiger partial charge in [0.05, 0.1) is 0 Å². The molecule has 0 aromatic carbocycles. The molecule has 1 aromatic rings. The Balaban J connectivity index is 2.34. The normalized spacial score (nSPS) is 12.6. The summed E-state index contributed by atoms with van der Waals surface area (Å²) in [6.45, 7) is 7.43.